The van der Waals surface area contributed by atoms with Gasteiger partial charge in [0.25, 0.3) is 0 Å². The fourth-order valence-corrected chi connectivity index (χ4v) is 3.34. The second-order valence-corrected chi connectivity index (χ2v) is 7.69. The zero-order valence-corrected chi connectivity index (χ0v) is 16.0. The first-order valence-electron chi connectivity index (χ1n) is 8.21. The first-order chi connectivity index (χ1) is 11.2. The van der Waals surface area contributed by atoms with Crippen molar-refractivity contribution in [2.75, 3.05) is 30.2 Å². The van der Waals surface area contributed by atoms with Crippen molar-refractivity contribution in [3.05, 3.63) is 24.3 Å². The maximum Gasteiger partial charge on any atom is 0.232 e. The predicted octanol–water partition coefficient (Wildman–Crippen LogP) is 2.50. The van der Waals surface area contributed by atoms with E-state index >= 15 is 0 Å². The number of hydrogen-bond acceptors (Lipinski definition) is 4. The van der Waals surface area contributed by atoms with Crippen molar-refractivity contribution < 1.29 is 17.9 Å². The third-order valence-corrected chi connectivity index (χ3v) is 4.72. The fourth-order valence-electron chi connectivity index (χ4n) is 2.41. The predicted molar refractivity (Wildman–Crippen MR) is 96.9 cm³/mol. The number of carbonyl (C=O) groups is 1. The minimum absolute atomic E-state index is 0.0593. The minimum Gasteiger partial charge on any atom is -0.489 e. The summed E-state index contributed by atoms with van der Waals surface area (Å²) < 4.78 is 31.4. The summed E-state index contributed by atoms with van der Waals surface area (Å²) in [5, 5.41) is 0. The van der Waals surface area contributed by atoms with Crippen LogP contribution in [0.2, 0.25) is 0 Å². The Labute approximate surface area is 145 Å². The van der Waals surface area contributed by atoms with Crippen LogP contribution in [0.3, 0.4) is 0 Å². The Bertz CT molecular complexity index is 640. The highest BCUT2D eigenvalue weighted by Gasteiger charge is 2.23. The molecule has 0 atom stereocenters. The van der Waals surface area contributed by atoms with Gasteiger partial charge in [-0.15, -0.1) is 0 Å². The number of benzene rings is 1. The van der Waals surface area contributed by atoms with Crippen LogP contribution in [0.25, 0.3) is 0 Å². The van der Waals surface area contributed by atoms with E-state index in [4.69, 9.17) is 4.74 Å². The van der Waals surface area contributed by atoms with Crippen molar-refractivity contribution >= 4 is 21.6 Å². The maximum absolute atomic E-state index is 12.2. The average Bonchev–Trinajstić information content (AvgIpc) is 2.48. The van der Waals surface area contributed by atoms with Gasteiger partial charge in [0, 0.05) is 26.1 Å². The summed E-state index contributed by atoms with van der Waals surface area (Å²) in [5.74, 6) is 0.434. The summed E-state index contributed by atoms with van der Waals surface area (Å²) in [7, 11) is -3.53. The average molecular weight is 356 g/mol. The quantitative estimate of drug-likeness (QED) is 0.682. The molecule has 0 heterocycles. The van der Waals surface area contributed by atoms with Crippen LogP contribution in [-0.4, -0.2) is 51.2 Å². The van der Waals surface area contributed by atoms with Crippen molar-refractivity contribution in [1.82, 2.24) is 4.90 Å². The van der Waals surface area contributed by atoms with Gasteiger partial charge < -0.3 is 9.64 Å². The number of nitrogens with zero attached hydrogens (tertiary/aromatic N) is 2. The van der Waals surface area contributed by atoms with Gasteiger partial charge in [0.05, 0.1) is 18.0 Å². The normalized spacial score (nSPS) is 11.4. The topological polar surface area (TPSA) is 66.9 Å². The molecular formula is C17H28N2O4S. The van der Waals surface area contributed by atoms with E-state index in [0.29, 0.717) is 24.5 Å². The highest BCUT2D eigenvalue weighted by Crippen LogP contribution is 2.30. The summed E-state index contributed by atoms with van der Waals surface area (Å²) in [6.45, 7) is 8.88. The van der Waals surface area contributed by atoms with Crippen LogP contribution in [0.4, 0.5) is 5.69 Å². The van der Waals surface area contributed by atoms with Crippen LogP contribution in [0.15, 0.2) is 24.3 Å². The molecule has 0 N–H and O–H groups in total. The van der Waals surface area contributed by atoms with Gasteiger partial charge in [0.15, 0.2) is 0 Å². The van der Waals surface area contributed by atoms with Gasteiger partial charge in [-0.3, -0.25) is 9.10 Å². The van der Waals surface area contributed by atoms with E-state index in [1.807, 2.05) is 27.7 Å². The lowest BCUT2D eigenvalue weighted by atomic mass is 10.2. The molecule has 0 aliphatic carbocycles. The molecule has 0 bridgehead atoms. The summed E-state index contributed by atoms with van der Waals surface area (Å²) >= 11 is 0. The molecule has 24 heavy (non-hydrogen) atoms. The summed E-state index contributed by atoms with van der Waals surface area (Å²) in [6, 6.07) is 6.98. The molecule has 0 aliphatic heterocycles. The molecule has 1 aromatic rings. The van der Waals surface area contributed by atoms with E-state index < -0.39 is 10.0 Å². The van der Waals surface area contributed by atoms with Crippen LogP contribution in [0, 0.1) is 0 Å². The van der Waals surface area contributed by atoms with Crippen LogP contribution >= 0.6 is 0 Å². The molecule has 0 spiro atoms. The highest BCUT2D eigenvalue weighted by molar-refractivity contribution is 7.92. The van der Waals surface area contributed by atoms with E-state index in [2.05, 4.69) is 0 Å². The summed E-state index contributed by atoms with van der Waals surface area (Å²) in [6.07, 6.45) is 1.19. The maximum atomic E-state index is 12.2. The smallest absolute Gasteiger partial charge is 0.232 e. The molecule has 1 amide bonds. The van der Waals surface area contributed by atoms with Crippen molar-refractivity contribution in [2.24, 2.45) is 0 Å². The lowest BCUT2D eigenvalue weighted by molar-refractivity contribution is -0.130. The van der Waals surface area contributed by atoms with Crippen molar-refractivity contribution in [3.63, 3.8) is 0 Å². The second-order valence-electron chi connectivity index (χ2n) is 5.79. The van der Waals surface area contributed by atoms with Gasteiger partial charge in [-0.2, -0.15) is 0 Å². The van der Waals surface area contributed by atoms with Crippen LogP contribution in [0.1, 0.15) is 34.1 Å². The van der Waals surface area contributed by atoms with Crippen LogP contribution in [0.5, 0.6) is 5.75 Å². The standard InChI is InChI=1S/C17H28N2O4S/c1-6-18(7-2)17(20)12-13-19(24(5,21)22)15-10-8-9-11-16(15)23-14(3)4/h8-11,14H,6-7,12-13H2,1-5H3. The molecule has 0 unspecified atom stereocenters. The zero-order valence-electron chi connectivity index (χ0n) is 15.2. The Morgan fingerprint density at radius 3 is 2.25 bits per heavy atom. The monoisotopic (exact) mass is 356 g/mol. The minimum atomic E-state index is -3.53. The molecule has 1 aromatic carbocycles. The fraction of sp³-hybridized carbons (Fsp3) is 0.588. The Balaban J connectivity index is 3.06. The molecule has 0 saturated carbocycles. The van der Waals surface area contributed by atoms with Gasteiger partial charge >= 0.3 is 0 Å². The Kier molecular flexibility index (Phi) is 7.54. The molecule has 0 saturated heterocycles. The van der Waals surface area contributed by atoms with Crippen molar-refractivity contribution in [2.45, 2.75) is 40.2 Å². The van der Waals surface area contributed by atoms with Crippen molar-refractivity contribution in [3.8, 4) is 5.75 Å². The first kappa shape index (κ1) is 20.3. The Morgan fingerprint density at radius 2 is 1.75 bits per heavy atom. The third-order valence-electron chi connectivity index (χ3n) is 3.54. The third kappa shape index (κ3) is 5.70. The lowest BCUT2D eigenvalue weighted by Crippen LogP contribution is -2.37. The number of para-hydroxylation sites is 2. The number of sulfonamides is 1. The summed E-state index contributed by atoms with van der Waals surface area (Å²) in [4.78, 5) is 13.9. The van der Waals surface area contributed by atoms with E-state index in [1.54, 1.807) is 29.2 Å². The zero-order chi connectivity index (χ0) is 18.3. The molecule has 136 valence electrons. The van der Waals surface area contributed by atoms with Gasteiger partial charge in [-0.05, 0) is 39.8 Å². The molecule has 7 heteroatoms. The van der Waals surface area contributed by atoms with Crippen LogP contribution < -0.4 is 9.04 Å². The molecule has 6 nitrogen and oxygen atoms in total. The largest absolute Gasteiger partial charge is 0.489 e. The number of carbonyl (C=O) groups excluding carboxylic acids is 1. The molecule has 0 aromatic heterocycles. The second kappa shape index (κ2) is 8.92. The van der Waals surface area contributed by atoms with Gasteiger partial charge in [-0.1, -0.05) is 12.1 Å². The SMILES string of the molecule is CCN(CC)C(=O)CCN(c1ccccc1OC(C)C)S(C)(=O)=O. The van der Waals surface area contributed by atoms with Crippen LogP contribution in [-0.2, 0) is 14.8 Å². The molecule has 0 fully saturated rings. The van der Waals surface area contributed by atoms with E-state index in [9.17, 15) is 13.2 Å². The lowest BCUT2D eigenvalue weighted by Gasteiger charge is -2.26. The molecule has 0 radical (unpaired) electrons. The number of amides is 1. The van der Waals surface area contributed by atoms with Crippen molar-refractivity contribution in [1.29, 1.82) is 0 Å². The van der Waals surface area contributed by atoms with E-state index in [0.717, 1.165) is 6.26 Å². The highest BCUT2D eigenvalue weighted by atomic mass is 32.2. The van der Waals surface area contributed by atoms with Gasteiger partial charge in [0.1, 0.15) is 5.75 Å². The number of rotatable bonds is 9. The van der Waals surface area contributed by atoms with Gasteiger partial charge in [0.2, 0.25) is 15.9 Å². The molecule has 0 aliphatic rings. The Morgan fingerprint density at radius 1 is 1.17 bits per heavy atom. The van der Waals surface area contributed by atoms with Gasteiger partial charge in [-0.25, -0.2) is 8.42 Å². The summed E-state index contributed by atoms with van der Waals surface area (Å²) in [5.41, 5.74) is 0.459. The number of ether oxygens (including phenoxy) is 1. The Hall–Kier alpha value is -1.76. The van der Waals surface area contributed by atoms with E-state index in [-0.39, 0.29) is 25.0 Å². The van der Waals surface area contributed by atoms with E-state index in [1.165, 1.54) is 4.31 Å². The number of hydrogen-bond donors (Lipinski definition) is 0. The molecule has 1 rings (SSSR count). The molecular weight excluding hydrogens is 328 g/mol. The first-order valence-corrected chi connectivity index (χ1v) is 10.1. The number of anilines is 1.